The third-order valence-electron chi connectivity index (χ3n) is 3.99. The molecule has 0 aliphatic heterocycles. The van der Waals surface area contributed by atoms with Crippen LogP contribution in [0.15, 0.2) is 41.1 Å². The summed E-state index contributed by atoms with van der Waals surface area (Å²) in [5, 5.41) is 14.2. The molecule has 3 aromatic rings. The maximum Gasteiger partial charge on any atom is 0.203 e. The zero-order valence-corrected chi connectivity index (χ0v) is 14.9. The molecule has 0 saturated carbocycles. The van der Waals surface area contributed by atoms with E-state index in [4.69, 9.17) is 23.5 Å². The Balaban J connectivity index is 2.15. The monoisotopic (exact) mass is 357 g/mol. The zero-order valence-electron chi connectivity index (χ0n) is 14.9. The summed E-state index contributed by atoms with van der Waals surface area (Å²) in [5.74, 6) is 2.53. The summed E-state index contributed by atoms with van der Waals surface area (Å²) in [7, 11) is 6.15. The summed E-state index contributed by atoms with van der Waals surface area (Å²) in [6.07, 6.45) is 1.54. The molecule has 0 aliphatic carbocycles. The fourth-order valence-corrected chi connectivity index (χ4v) is 2.72. The van der Waals surface area contributed by atoms with Crippen molar-refractivity contribution < 1.29 is 28.6 Å². The molecule has 0 spiro atoms. The Morgan fingerprint density at radius 2 is 1.54 bits per heavy atom. The highest BCUT2D eigenvalue weighted by molar-refractivity contribution is 5.84. The van der Waals surface area contributed by atoms with Gasteiger partial charge in [-0.15, -0.1) is 0 Å². The van der Waals surface area contributed by atoms with Crippen LogP contribution >= 0.6 is 0 Å². The van der Waals surface area contributed by atoms with Gasteiger partial charge < -0.3 is 28.6 Å². The number of methoxy groups -OCH3 is 4. The van der Waals surface area contributed by atoms with E-state index in [9.17, 15) is 5.11 Å². The van der Waals surface area contributed by atoms with E-state index in [1.807, 2.05) is 0 Å². The number of ether oxygens (including phenoxy) is 4. The van der Waals surface area contributed by atoms with Gasteiger partial charge in [-0.25, -0.2) is 0 Å². The van der Waals surface area contributed by atoms with Crippen molar-refractivity contribution >= 4 is 0 Å². The number of hydrogen-bond acceptors (Lipinski definition) is 7. The minimum atomic E-state index is 0.0567. The van der Waals surface area contributed by atoms with Crippen molar-refractivity contribution in [2.75, 3.05) is 28.4 Å². The summed E-state index contributed by atoms with van der Waals surface area (Å²) in [6.45, 7) is 0. The molecule has 0 atom stereocenters. The minimum absolute atomic E-state index is 0.0567. The lowest BCUT2D eigenvalue weighted by Crippen LogP contribution is -1.95. The molecule has 0 saturated heterocycles. The molecular formula is C19H19NO6. The Kier molecular flexibility index (Phi) is 4.88. The van der Waals surface area contributed by atoms with E-state index in [2.05, 4.69) is 5.16 Å². The van der Waals surface area contributed by atoms with E-state index in [1.165, 1.54) is 34.5 Å². The van der Waals surface area contributed by atoms with Gasteiger partial charge in [-0.2, -0.15) is 0 Å². The number of rotatable bonds is 6. The molecule has 7 nitrogen and oxygen atoms in total. The summed E-state index contributed by atoms with van der Waals surface area (Å²) < 4.78 is 26.7. The fourth-order valence-electron chi connectivity index (χ4n) is 2.72. The van der Waals surface area contributed by atoms with Crippen LogP contribution in [0.4, 0.5) is 0 Å². The van der Waals surface area contributed by atoms with Crippen LogP contribution < -0.4 is 18.9 Å². The Labute approximate surface area is 150 Å². The average Bonchev–Trinajstić information content (AvgIpc) is 3.15. The highest BCUT2D eigenvalue weighted by Crippen LogP contribution is 2.44. The molecule has 136 valence electrons. The van der Waals surface area contributed by atoms with Crippen LogP contribution in [0.5, 0.6) is 28.7 Å². The van der Waals surface area contributed by atoms with E-state index in [0.29, 0.717) is 45.4 Å². The maximum absolute atomic E-state index is 10.3. The first-order valence-corrected chi connectivity index (χ1v) is 7.75. The number of benzene rings is 2. The maximum atomic E-state index is 10.3. The Bertz CT molecular complexity index is 893. The molecule has 1 N–H and O–H groups in total. The zero-order chi connectivity index (χ0) is 18.7. The van der Waals surface area contributed by atoms with E-state index < -0.39 is 0 Å². The molecule has 1 aromatic heterocycles. The number of phenols is 1. The third kappa shape index (κ3) is 2.99. The molecule has 0 unspecified atom stereocenters. The van der Waals surface area contributed by atoms with Gasteiger partial charge in [0.1, 0.15) is 11.5 Å². The van der Waals surface area contributed by atoms with Crippen LogP contribution in [0.25, 0.3) is 22.5 Å². The summed E-state index contributed by atoms with van der Waals surface area (Å²) in [6, 6.07) is 8.53. The minimum Gasteiger partial charge on any atom is -0.507 e. The van der Waals surface area contributed by atoms with Crippen molar-refractivity contribution in [1.29, 1.82) is 0 Å². The molecule has 0 radical (unpaired) electrons. The standard InChI is InChI=1S/C19H19NO6/c1-22-12-5-6-13(15(21)9-12)14-10-20-26-18(14)11-7-16(23-2)19(25-4)17(8-11)24-3/h5-10,21H,1-4H3. The predicted molar refractivity (Wildman–Crippen MR) is 95.2 cm³/mol. The van der Waals surface area contributed by atoms with E-state index >= 15 is 0 Å². The van der Waals surface area contributed by atoms with Crippen molar-refractivity contribution in [1.82, 2.24) is 5.16 Å². The first-order chi connectivity index (χ1) is 12.6. The van der Waals surface area contributed by atoms with Gasteiger partial charge in [0.2, 0.25) is 5.75 Å². The SMILES string of the molecule is COc1ccc(-c2cnoc2-c2cc(OC)c(OC)c(OC)c2)c(O)c1. The normalized spacial score (nSPS) is 10.5. The molecule has 7 heteroatoms. The first-order valence-electron chi connectivity index (χ1n) is 7.75. The molecular weight excluding hydrogens is 338 g/mol. The smallest absolute Gasteiger partial charge is 0.203 e. The van der Waals surface area contributed by atoms with Gasteiger partial charge in [0.05, 0.1) is 40.2 Å². The topological polar surface area (TPSA) is 83.2 Å². The average molecular weight is 357 g/mol. The number of hydrogen-bond donors (Lipinski definition) is 1. The third-order valence-corrected chi connectivity index (χ3v) is 3.99. The largest absolute Gasteiger partial charge is 0.507 e. The number of aromatic hydroxyl groups is 1. The van der Waals surface area contributed by atoms with Gasteiger partial charge >= 0.3 is 0 Å². The fraction of sp³-hybridized carbons (Fsp3) is 0.211. The van der Waals surface area contributed by atoms with Gasteiger partial charge in [-0.3, -0.25) is 0 Å². The molecule has 0 aliphatic rings. The second kappa shape index (κ2) is 7.26. The number of phenolic OH excluding ortho intramolecular Hbond substituents is 1. The van der Waals surface area contributed by atoms with E-state index in [1.54, 1.807) is 30.5 Å². The van der Waals surface area contributed by atoms with Crippen LogP contribution in [0.1, 0.15) is 0 Å². The van der Waals surface area contributed by atoms with E-state index in [0.717, 1.165) is 0 Å². The van der Waals surface area contributed by atoms with Gasteiger partial charge in [0, 0.05) is 17.2 Å². The van der Waals surface area contributed by atoms with Crippen LogP contribution in [-0.4, -0.2) is 38.7 Å². The first kappa shape index (κ1) is 17.5. The van der Waals surface area contributed by atoms with Crippen LogP contribution in [-0.2, 0) is 0 Å². The Morgan fingerprint density at radius 1 is 0.846 bits per heavy atom. The van der Waals surface area contributed by atoms with Crippen molar-refractivity contribution in [3.63, 3.8) is 0 Å². The van der Waals surface area contributed by atoms with Crippen molar-refractivity contribution in [2.45, 2.75) is 0 Å². The Morgan fingerprint density at radius 3 is 2.08 bits per heavy atom. The summed E-state index contributed by atoms with van der Waals surface area (Å²) >= 11 is 0. The van der Waals surface area contributed by atoms with Crippen LogP contribution in [0, 0.1) is 0 Å². The summed E-state index contributed by atoms with van der Waals surface area (Å²) in [5.41, 5.74) is 1.86. The molecule has 0 bridgehead atoms. The van der Waals surface area contributed by atoms with Gasteiger partial charge in [-0.1, -0.05) is 5.16 Å². The van der Waals surface area contributed by atoms with Crippen molar-refractivity contribution in [3.05, 3.63) is 36.5 Å². The van der Waals surface area contributed by atoms with Gasteiger partial charge in [0.15, 0.2) is 17.3 Å². The number of aromatic nitrogens is 1. The lowest BCUT2D eigenvalue weighted by molar-refractivity contribution is 0.324. The van der Waals surface area contributed by atoms with Crippen molar-refractivity contribution in [3.8, 4) is 51.2 Å². The molecule has 0 amide bonds. The van der Waals surface area contributed by atoms with Crippen molar-refractivity contribution in [2.24, 2.45) is 0 Å². The lowest BCUT2D eigenvalue weighted by atomic mass is 10.0. The van der Waals surface area contributed by atoms with Gasteiger partial charge in [-0.05, 0) is 24.3 Å². The molecule has 26 heavy (non-hydrogen) atoms. The highest BCUT2D eigenvalue weighted by Gasteiger charge is 2.20. The van der Waals surface area contributed by atoms with Crippen LogP contribution in [0.3, 0.4) is 0 Å². The highest BCUT2D eigenvalue weighted by atomic mass is 16.5. The predicted octanol–water partition coefficient (Wildman–Crippen LogP) is 3.75. The van der Waals surface area contributed by atoms with E-state index in [-0.39, 0.29) is 5.75 Å². The molecule has 3 rings (SSSR count). The second-order valence-corrected chi connectivity index (χ2v) is 5.37. The number of nitrogens with zero attached hydrogens (tertiary/aromatic N) is 1. The summed E-state index contributed by atoms with van der Waals surface area (Å²) in [4.78, 5) is 0. The molecule has 2 aromatic carbocycles. The lowest BCUT2D eigenvalue weighted by Gasteiger charge is -2.14. The Hall–Kier alpha value is -3.35. The van der Waals surface area contributed by atoms with Gasteiger partial charge in [0.25, 0.3) is 0 Å². The quantitative estimate of drug-likeness (QED) is 0.719. The second-order valence-electron chi connectivity index (χ2n) is 5.37. The molecule has 0 fully saturated rings. The molecule has 1 heterocycles. The van der Waals surface area contributed by atoms with Crippen LogP contribution in [0.2, 0.25) is 0 Å².